The molecule has 3 aromatic rings. The fourth-order valence-corrected chi connectivity index (χ4v) is 4.06. The maximum atomic E-state index is 12.6. The standard InChI is InChI=1S/C30H35N3O7/c1-30(2,3)40-29(37)32-27(28(35)36)26(22-14-12-20(13-15-22)10-7-11-25(34)33-38)24-17-16-23(18-31-24)39-19-21-8-5-4-6-9-21/h4-6,8-9,12-18,26-27,38H,7,10-11,19H2,1-3H3,(H,32,37)(H,33,34)(H,35,36). The number of aromatic nitrogens is 1. The first-order valence-electron chi connectivity index (χ1n) is 12.9. The number of carbonyl (C=O) groups is 3. The zero-order valence-electron chi connectivity index (χ0n) is 22.8. The topological polar surface area (TPSA) is 147 Å². The lowest BCUT2D eigenvalue weighted by atomic mass is 9.87. The average Bonchev–Trinajstić information content (AvgIpc) is 2.92. The van der Waals surface area contributed by atoms with Gasteiger partial charge >= 0.3 is 12.1 Å². The Morgan fingerprint density at radius 1 is 0.950 bits per heavy atom. The highest BCUT2D eigenvalue weighted by Crippen LogP contribution is 2.29. The quantitative estimate of drug-likeness (QED) is 0.189. The van der Waals surface area contributed by atoms with Gasteiger partial charge in [-0.15, -0.1) is 0 Å². The maximum absolute atomic E-state index is 12.6. The van der Waals surface area contributed by atoms with Crippen molar-refractivity contribution in [1.82, 2.24) is 15.8 Å². The number of pyridine rings is 1. The van der Waals surface area contributed by atoms with Crippen molar-refractivity contribution in [3.63, 3.8) is 0 Å². The van der Waals surface area contributed by atoms with Crippen molar-refractivity contribution in [1.29, 1.82) is 0 Å². The zero-order chi connectivity index (χ0) is 29.1. The number of carbonyl (C=O) groups excluding carboxylic acids is 2. The van der Waals surface area contributed by atoms with Gasteiger partial charge in [0.05, 0.1) is 17.8 Å². The number of nitrogens with one attached hydrogen (secondary N) is 2. The fraction of sp³-hybridized carbons (Fsp3) is 0.333. The van der Waals surface area contributed by atoms with E-state index >= 15 is 0 Å². The zero-order valence-corrected chi connectivity index (χ0v) is 22.8. The van der Waals surface area contributed by atoms with E-state index < -0.39 is 35.5 Å². The van der Waals surface area contributed by atoms with Gasteiger partial charge in [0, 0.05) is 6.42 Å². The highest BCUT2D eigenvalue weighted by atomic mass is 16.6. The molecule has 2 atom stereocenters. The minimum atomic E-state index is -1.38. The van der Waals surface area contributed by atoms with E-state index in [9.17, 15) is 19.5 Å². The molecule has 1 heterocycles. The van der Waals surface area contributed by atoms with Crippen LogP contribution in [0, 0.1) is 0 Å². The van der Waals surface area contributed by atoms with Crippen LogP contribution >= 0.6 is 0 Å². The minimum Gasteiger partial charge on any atom is -0.487 e. The molecule has 212 valence electrons. The summed E-state index contributed by atoms with van der Waals surface area (Å²) in [5.74, 6) is -2.04. The third-order valence-electron chi connectivity index (χ3n) is 5.93. The van der Waals surface area contributed by atoms with Crippen LogP contribution in [0.1, 0.15) is 61.9 Å². The van der Waals surface area contributed by atoms with E-state index in [0.717, 1.165) is 11.1 Å². The van der Waals surface area contributed by atoms with Gasteiger partial charge in [-0.1, -0.05) is 54.6 Å². The molecule has 0 bridgehead atoms. The maximum Gasteiger partial charge on any atom is 0.408 e. The monoisotopic (exact) mass is 549 g/mol. The van der Waals surface area contributed by atoms with Crippen molar-refractivity contribution in [2.24, 2.45) is 0 Å². The molecule has 0 radical (unpaired) electrons. The molecule has 0 saturated heterocycles. The highest BCUT2D eigenvalue weighted by Gasteiger charge is 2.34. The van der Waals surface area contributed by atoms with Gasteiger partial charge in [0.25, 0.3) is 0 Å². The molecule has 0 aliphatic rings. The summed E-state index contributed by atoms with van der Waals surface area (Å²) in [4.78, 5) is 40.8. The van der Waals surface area contributed by atoms with Crippen LogP contribution in [0.15, 0.2) is 72.9 Å². The Balaban J connectivity index is 1.86. The summed E-state index contributed by atoms with van der Waals surface area (Å²) in [7, 11) is 0. The molecular formula is C30H35N3O7. The number of rotatable bonds is 12. The SMILES string of the molecule is CC(C)(C)OC(=O)NC(C(=O)O)C(c1ccc(CCCC(=O)NO)cc1)c1ccc(OCc2ccccc2)cn1. The minimum absolute atomic E-state index is 0.171. The van der Waals surface area contributed by atoms with E-state index in [2.05, 4.69) is 10.3 Å². The van der Waals surface area contributed by atoms with Gasteiger partial charge in [0.1, 0.15) is 24.0 Å². The Bertz CT molecular complexity index is 1260. The number of alkyl carbamates (subject to hydrolysis) is 1. The van der Waals surface area contributed by atoms with Crippen molar-refractivity contribution in [3.8, 4) is 5.75 Å². The Morgan fingerprint density at radius 2 is 1.65 bits per heavy atom. The van der Waals surface area contributed by atoms with E-state index in [1.54, 1.807) is 50.5 Å². The summed E-state index contributed by atoms with van der Waals surface area (Å²) in [6, 6.07) is 18.9. The Hall–Kier alpha value is -4.44. The van der Waals surface area contributed by atoms with Crippen LogP contribution in [-0.4, -0.2) is 44.9 Å². The van der Waals surface area contributed by atoms with Crippen LogP contribution in [0.2, 0.25) is 0 Å². The summed E-state index contributed by atoms with van der Waals surface area (Å²) in [5.41, 5.74) is 3.76. The molecule has 4 N–H and O–H groups in total. The fourth-order valence-electron chi connectivity index (χ4n) is 4.06. The predicted molar refractivity (Wildman–Crippen MR) is 147 cm³/mol. The normalized spacial score (nSPS) is 12.6. The third kappa shape index (κ3) is 9.39. The first kappa shape index (κ1) is 30.1. The van der Waals surface area contributed by atoms with Crippen LogP contribution < -0.4 is 15.5 Å². The molecule has 1 aromatic heterocycles. The molecule has 2 aromatic carbocycles. The number of hydrogen-bond acceptors (Lipinski definition) is 7. The van der Waals surface area contributed by atoms with Crippen molar-refractivity contribution < 1.29 is 34.2 Å². The number of amides is 2. The van der Waals surface area contributed by atoms with Crippen molar-refractivity contribution >= 4 is 18.0 Å². The number of nitrogens with zero attached hydrogens (tertiary/aromatic N) is 1. The molecule has 0 aliphatic carbocycles. The first-order chi connectivity index (χ1) is 19.1. The molecule has 0 saturated carbocycles. The van der Waals surface area contributed by atoms with Crippen LogP contribution in [0.5, 0.6) is 5.75 Å². The van der Waals surface area contributed by atoms with Gasteiger partial charge in [0.15, 0.2) is 0 Å². The molecule has 0 fully saturated rings. The third-order valence-corrected chi connectivity index (χ3v) is 5.93. The largest absolute Gasteiger partial charge is 0.487 e. The Morgan fingerprint density at radius 3 is 2.23 bits per heavy atom. The van der Waals surface area contributed by atoms with Gasteiger partial charge in [0.2, 0.25) is 5.91 Å². The van der Waals surface area contributed by atoms with Crippen molar-refractivity contribution in [3.05, 3.63) is 95.3 Å². The van der Waals surface area contributed by atoms with E-state index in [-0.39, 0.29) is 6.42 Å². The smallest absolute Gasteiger partial charge is 0.408 e. The number of hydrogen-bond donors (Lipinski definition) is 4. The first-order valence-corrected chi connectivity index (χ1v) is 12.9. The van der Waals surface area contributed by atoms with Gasteiger partial charge in [-0.05, 0) is 62.4 Å². The number of aryl methyl sites for hydroxylation is 1. The summed E-state index contributed by atoms with van der Waals surface area (Å²) in [6.07, 6.45) is 1.95. The molecule has 10 nitrogen and oxygen atoms in total. The van der Waals surface area contributed by atoms with Crippen LogP contribution in [0.3, 0.4) is 0 Å². The molecule has 3 rings (SSSR count). The number of ether oxygens (including phenoxy) is 2. The van der Waals surface area contributed by atoms with Crippen molar-refractivity contribution in [2.75, 3.05) is 0 Å². The lowest BCUT2D eigenvalue weighted by molar-refractivity contribution is -0.139. The second-order valence-electron chi connectivity index (χ2n) is 10.3. The van der Waals surface area contributed by atoms with Gasteiger partial charge in [-0.25, -0.2) is 15.1 Å². The van der Waals surface area contributed by atoms with Gasteiger partial charge < -0.3 is 19.9 Å². The number of carboxylic acid groups (broad SMARTS) is 1. The van der Waals surface area contributed by atoms with E-state index in [0.29, 0.717) is 36.5 Å². The molecule has 2 unspecified atom stereocenters. The lowest BCUT2D eigenvalue weighted by Crippen LogP contribution is -2.47. The van der Waals surface area contributed by atoms with Crippen LogP contribution in [0.4, 0.5) is 4.79 Å². The predicted octanol–water partition coefficient (Wildman–Crippen LogP) is 4.60. The summed E-state index contributed by atoms with van der Waals surface area (Å²) < 4.78 is 11.1. The Labute approximate surface area is 233 Å². The molecule has 40 heavy (non-hydrogen) atoms. The van der Waals surface area contributed by atoms with Crippen molar-refractivity contribution in [2.45, 2.75) is 64.2 Å². The number of benzene rings is 2. The number of carboxylic acids is 1. The second kappa shape index (κ2) is 14.1. The Kier molecular flexibility index (Phi) is 10.6. The number of aliphatic carboxylic acids is 1. The molecular weight excluding hydrogens is 514 g/mol. The molecule has 10 heteroatoms. The summed E-state index contributed by atoms with van der Waals surface area (Å²) >= 11 is 0. The van der Waals surface area contributed by atoms with Crippen LogP contribution in [-0.2, 0) is 27.4 Å². The van der Waals surface area contributed by atoms with E-state index in [1.165, 1.54) is 6.20 Å². The number of hydroxylamine groups is 1. The molecule has 2 amide bonds. The van der Waals surface area contributed by atoms with E-state index in [1.807, 2.05) is 42.5 Å². The summed E-state index contributed by atoms with van der Waals surface area (Å²) in [6.45, 7) is 5.43. The van der Waals surface area contributed by atoms with Gasteiger partial charge in [-0.2, -0.15) is 0 Å². The summed E-state index contributed by atoms with van der Waals surface area (Å²) in [5, 5.41) is 21.3. The van der Waals surface area contributed by atoms with E-state index in [4.69, 9.17) is 14.7 Å². The van der Waals surface area contributed by atoms with Crippen LogP contribution in [0.25, 0.3) is 0 Å². The lowest BCUT2D eigenvalue weighted by Gasteiger charge is -2.27. The average molecular weight is 550 g/mol. The molecule has 0 spiro atoms. The van der Waals surface area contributed by atoms with Gasteiger partial charge in [-0.3, -0.25) is 15.0 Å². The second-order valence-corrected chi connectivity index (χ2v) is 10.3. The molecule has 0 aliphatic heterocycles. The highest BCUT2D eigenvalue weighted by molar-refractivity contribution is 5.82.